The molecule has 3 atom stereocenters. The number of rotatable bonds is 6. The highest BCUT2D eigenvalue weighted by atomic mass is 19.1. The minimum atomic E-state index is -0.760. The summed E-state index contributed by atoms with van der Waals surface area (Å²) in [7, 11) is 1.54. The molecule has 5 rings (SSSR count). The smallest absolute Gasteiger partial charge is 0.274 e. The van der Waals surface area contributed by atoms with E-state index in [1.807, 2.05) is 0 Å². The van der Waals surface area contributed by atoms with Gasteiger partial charge in [0.15, 0.2) is 0 Å². The van der Waals surface area contributed by atoms with E-state index in [9.17, 15) is 4.79 Å². The molecule has 1 saturated heterocycles. The predicted molar refractivity (Wildman–Crippen MR) is 147 cm³/mol. The van der Waals surface area contributed by atoms with Crippen molar-refractivity contribution in [1.29, 1.82) is 0 Å². The molecule has 4 heterocycles. The summed E-state index contributed by atoms with van der Waals surface area (Å²) in [6, 6.07) is 6.42. The second kappa shape index (κ2) is 11.8. The third-order valence-corrected chi connectivity index (χ3v) is 7.13. The number of nitrogens with one attached hydrogen (secondary N) is 2. The van der Waals surface area contributed by atoms with Crippen LogP contribution in [0.25, 0.3) is 11.3 Å². The molecule has 12 heteroatoms. The number of fused-ring (bicyclic) bond motifs is 8. The SMILES string of the molecule is COCCOc1cc(F)c2c(c1)CC1CN(CC(N)C1N/C=C\N)c1ccncc1NC(=O)c1ccc(F)c-2n1. The number of hydrogen-bond donors (Lipinski definition) is 4. The van der Waals surface area contributed by atoms with E-state index in [-0.39, 0.29) is 47.3 Å². The molecule has 6 N–H and O–H groups in total. The van der Waals surface area contributed by atoms with Gasteiger partial charge in [0.05, 0.1) is 24.2 Å². The zero-order chi connectivity index (χ0) is 28.2. The quantitative estimate of drug-likeness (QED) is 0.340. The van der Waals surface area contributed by atoms with E-state index in [4.69, 9.17) is 20.9 Å². The highest BCUT2D eigenvalue weighted by molar-refractivity contribution is 6.05. The van der Waals surface area contributed by atoms with E-state index >= 15 is 8.78 Å². The molecule has 0 aliphatic carbocycles. The maximum absolute atomic E-state index is 15.8. The summed E-state index contributed by atoms with van der Waals surface area (Å²) in [6.07, 6.45) is 6.47. The Morgan fingerprint density at radius 1 is 1.20 bits per heavy atom. The van der Waals surface area contributed by atoms with Crippen molar-refractivity contribution >= 4 is 17.3 Å². The summed E-state index contributed by atoms with van der Waals surface area (Å²) >= 11 is 0. The van der Waals surface area contributed by atoms with E-state index < -0.39 is 17.5 Å². The van der Waals surface area contributed by atoms with Crippen molar-refractivity contribution in [1.82, 2.24) is 15.3 Å². The van der Waals surface area contributed by atoms with Crippen LogP contribution in [-0.4, -0.2) is 61.4 Å². The Hall–Kier alpha value is -4.29. The van der Waals surface area contributed by atoms with Crippen LogP contribution in [-0.2, 0) is 11.2 Å². The molecule has 1 aromatic carbocycles. The minimum absolute atomic E-state index is 0.0384. The van der Waals surface area contributed by atoms with Gasteiger partial charge in [-0.05, 0) is 36.2 Å². The third kappa shape index (κ3) is 5.54. The van der Waals surface area contributed by atoms with Gasteiger partial charge in [0.2, 0.25) is 0 Å². The Bertz CT molecular complexity index is 1420. The van der Waals surface area contributed by atoms with Crippen LogP contribution in [0.3, 0.4) is 0 Å². The lowest BCUT2D eigenvalue weighted by atomic mass is 9.82. The zero-order valence-corrected chi connectivity index (χ0v) is 21.9. The molecule has 0 spiro atoms. The fraction of sp³-hybridized carbons (Fsp3) is 0.321. The van der Waals surface area contributed by atoms with Crippen LogP contribution >= 0.6 is 0 Å². The molecule has 3 aromatic rings. The summed E-state index contributed by atoms with van der Waals surface area (Å²) in [5.74, 6) is -1.99. The molecular formula is C28H31F2N7O3. The number of ether oxygens (including phenoxy) is 2. The monoisotopic (exact) mass is 551 g/mol. The molecule has 10 nitrogen and oxygen atoms in total. The van der Waals surface area contributed by atoms with E-state index in [1.165, 1.54) is 31.6 Å². The lowest BCUT2D eigenvalue weighted by Gasteiger charge is -2.44. The van der Waals surface area contributed by atoms with Crippen LogP contribution < -0.4 is 31.7 Å². The summed E-state index contributed by atoms with van der Waals surface area (Å²) in [4.78, 5) is 23.7. The molecule has 1 amide bonds. The number of carbonyl (C=O) groups excluding carboxylic acids is 1. The molecule has 210 valence electrons. The number of nitrogens with two attached hydrogens (primary N) is 2. The van der Waals surface area contributed by atoms with Gasteiger partial charge in [-0.25, -0.2) is 13.8 Å². The van der Waals surface area contributed by atoms with Gasteiger partial charge >= 0.3 is 0 Å². The molecule has 0 saturated carbocycles. The summed E-state index contributed by atoms with van der Waals surface area (Å²) in [6.45, 7) is 1.46. The first-order valence-electron chi connectivity index (χ1n) is 12.9. The normalized spacial score (nSPS) is 20.4. The second-order valence-electron chi connectivity index (χ2n) is 9.74. The van der Waals surface area contributed by atoms with Gasteiger partial charge in [0.25, 0.3) is 5.91 Å². The average Bonchev–Trinajstić information content (AvgIpc) is 2.93. The minimum Gasteiger partial charge on any atom is -0.491 e. The van der Waals surface area contributed by atoms with Gasteiger partial charge in [-0.2, -0.15) is 0 Å². The maximum atomic E-state index is 15.8. The fourth-order valence-electron chi connectivity index (χ4n) is 5.36. The largest absolute Gasteiger partial charge is 0.491 e. The van der Waals surface area contributed by atoms with Gasteiger partial charge < -0.3 is 36.5 Å². The Morgan fingerprint density at radius 2 is 2.05 bits per heavy atom. The summed E-state index contributed by atoms with van der Waals surface area (Å²) in [5.41, 5.74) is 13.6. The van der Waals surface area contributed by atoms with Crippen molar-refractivity contribution in [2.75, 3.05) is 43.6 Å². The van der Waals surface area contributed by atoms with Crippen molar-refractivity contribution in [2.24, 2.45) is 17.4 Å². The van der Waals surface area contributed by atoms with Gasteiger partial charge in [0, 0.05) is 68.4 Å². The molecule has 3 unspecified atom stereocenters. The fourth-order valence-corrected chi connectivity index (χ4v) is 5.36. The number of anilines is 2. The molecule has 2 aliphatic rings. The number of halogens is 2. The number of carbonyl (C=O) groups is 1. The van der Waals surface area contributed by atoms with Crippen LogP contribution in [0.1, 0.15) is 16.1 Å². The van der Waals surface area contributed by atoms with Crippen LogP contribution in [0, 0.1) is 17.6 Å². The highest BCUT2D eigenvalue weighted by Gasteiger charge is 2.37. The van der Waals surface area contributed by atoms with Crippen LogP contribution in [0.2, 0.25) is 0 Å². The first kappa shape index (κ1) is 27.3. The number of hydrogen-bond acceptors (Lipinski definition) is 9. The van der Waals surface area contributed by atoms with Gasteiger partial charge in [-0.3, -0.25) is 9.78 Å². The van der Waals surface area contributed by atoms with Crippen molar-refractivity contribution in [3.05, 3.63) is 78.0 Å². The number of piperidine rings is 1. The Balaban J connectivity index is 1.70. The topological polar surface area (TPSA) is 141 Å². The summed E-state index contributed by atoms with van der Waals surface area (Å²) in [5, 5.41) is 6.11. The van der Waals surface area contributed by atoms with Crippen LogP contribution in [0.5, 0.6) is 5.75 Å². The van der Waals surface area contributed by atoms with Gasteiger partial charge in [0.1, 0.15) is 35.4 Å². The molecule has 2 aromatic heterocycles. The molecule has 1 fully saturated rings. The summed E-state index contributed by atoms with van der Waals surface area (Å²) < 4.78 is 41.9. The van der Waals surface area contributed by atoms with Gasteiger partial charge in [-0.1, -0.05) is 0 Å². The average molecular weight is 552 g/mol. The number of pyridine rings is 2. The lowest BCUT2D eigenvalue weighted by molar-refractivity contribution is 0.102. The van der Waals surface area contributed by atoms with E-state index in [0.29, 0.717) is 37.4 Å². The van der Waals surface area contributed by atoms with E-state index in [0.717, 1.165) is 11.8 Å². The number of aromatic nitrogens is 2. The van der Waals surface area contributed by atoms with E-state index in [2.05, 4.69) is 25.5 Å². The standard InChI is InChI=1S/C28H31F2N7O3/c1-39-8-9-40-18-11-16-10-17-14-37(15-21(32)26(17)34-7-5-31)24-4-6-33-13-23(24)36-28(38)22-3-2-19(29)27(35-22)25(16)20(30)12-18/h2-7,11-13,17,21,26,34H,8-10,14-15,31-32H2,1H3,(H,36,38)/b7-5-. The Kier molecular flexibility index (Phi) is 8.08. The van der Waals surface area contributed by atoms with Crippen molar-refractivity contribution in [3.63, 3.8) is 0 Å². The molecule has 0 radical (unpaired) electrons. The Labute approximate surface area is 230 Å². The van der Waals surface area contributed by atoms with Crippen molar-refractivity contribution in [2.45, 2.75) is 18.5 Å². The van der Waals surface area contributed by atoms with Gasteiger partial charge in [-0.15, -0.1) is 0 Å². The number of amides is 1. The molecule has 2 aliphatic heterocycles. The number of methoxy groups -OCH3 is 1. The van der Waals surface area contributed by atoms with Crippen molar-refractivity contribution in [3.8, 4) is 17.0 Å². The van der Waals surface area contributed by atoms with Crippen LogP contribution in [0.15, 0.2) is 55.1 Å². The third-order valence-electron chi connectivity index (χ3n) is 7.13. The molecule has 4 bridgehead atoms. The number of benzene rings is 1. The Morgan fingerprint density at radius 3 is 2.85 bits per heavy atom. The predicted octanol–water partition coefficient (Wildman–Crippen LogP) is 2.41. The van der Waals surface area contributed by atoms with E-state index in [1.54, 1.807) is 24.5 Å². The molecule has 40 heavy (non-hydrogen) atoms. The molecular weight excluding hydrogens is 520 g/mol. The highest BCUT2D eigenvalue weighted by Crippen LogP contribution is 2.37. The van der Waals surface area contributed by atoms with Crippen molar-refractivity contribution < 1.29 is 23.0 Å². The first-order chi connectivity index (χ1) is 19.4. The lowest BCUT2D eigenvalue weighted by Crippen LogP contribution is -2.61. The van der Waals surface area contributed by atoms with Crippen LogP contribution in [0.4, 0.5) is 20.2 Å². The zero-order valence-electron chi connectivity index (χ0n) is 21.9. The first-order valence-corrected chi connectivity index (χ1v) is 12.9. The second-order valence-corrected chi connectivity index (χ2v) is 9.74. The number of nitrogens with zero attached hydrogens (tertiary/aromatic N) is 3. The maximum Gasteiger partial charge on any atom is 0.274 e.